The number of hydrogen-bond donors (Lipinski definition) is 2. The van der Waals surface area contributed by atoms with E-state index in [1.807, 2.05) is 6.92 Å². The van der Waals surface area contributed by atoms with Crippen molar-refractivity contribution < 1.29 is 5.11 Å². The van der Waals surface area contributed by atoms with Crippen molar-refractivity contribution in [1.29, 1.82) is 0 Å². The number of nitrogens with zero attached hydrogens (tertiary/aromatic N) is 2. The van der Waals surface area contributed by atoms with Gasteiger partial charge in [-0.25, -0.2) is 4.98 Å². The summed E-state index contributed by atoms with van der Waals surface area (Å²) in [7, 11) is 0. The second-order valence-corrected chi connectivity index (χ2v) is 5.38. The van der Waals surface area contributed by atoms with Gasteiger partial charge in [-0.2, -0.15) is 0 Å². The fourth-order valence-corrected chi connectivity index (χ4v) is 3.25. The lowest BCUT2D eigenvalue weighted by molar-refractivity contribution is 0.133. The van der Waals surface area contributed by atoms with Gasteiger partial charge < -0.3 is 15.0 Å². The van der Waals surface area contributed by atoms with Crippen LogP contribution in [0.1, 0.15) is 25.6 Å². The Morgan fingerprint density at radius 1 is 1.50 bits per heavy atom. The Kier molecular flexibility index (Phi) is 2.86. The number of aromatic nitrogens is 2. The van der Waals surface area contributed by atoms with E-state index in [1.165, 1.54) is 0 Å². The Morgan fingerprint density at radius 2 is 2.33 bits per heavy atom. The third kappa shape index (κ3) is 1.92. The summed E-state index contributed by atoms with van der Waals surface area (Å²) < 4.78 is 0. The van der Waals surface area contributed by atoms with E-state index in [1.54, 1.807) is 6.07 Å². The summed E-state index contributed by atoms with van der Waals surface area (Å²) in [6.07, 6.45) is 2.57. The summed E-state index contributed by atoms with van der Waals surface area (Å²) >= 11 is 0. The standard InChI is InChI=1S/C13H19N3O2/c1-2-11-14-12(5-13(18)15-11)16-6-8-3-4-10(17)9(8)7-16/h5,8-10,17H,2-4,6-7H2,1H3,(H,14,15,18). The van der Waals surface area contributed by atoms with E-state index in [0.29, 0.717) is 11.8 Å². The molecule has 3 unspecified atom stereocenters. The molecule has 5 heteroatoms. The zero-order valence-corrected chi connectivity index (χ0v) is 10.6. The molecule has 0 radical (unpaired) electrons. The highest BCUT2D eigenvalue weighted by molar-refractivity contribution is 5.39. The largest absolute Gasteiger partial charge is 0.393 e. The van der Waals surface area contributed by atoms with Crippen LogP contribution in [0.5, 0.6) is 0 Å². The molecule has 18 heavy (non-hydrogen) atoms. The number of fused-ring (bicyclic) bond motifs is 1. The van der Waals surface area contributed by atoms with Crippen molar-refractivity contribution in [3.05, 3.63) is 22.2 Å². The topological polar surface area (TPSA) is 69.2 Å². The molecule has 0 spiro atoms. The Bertz CT molecular complexity index is 499. The van der Waals surface area contributed by atoms with Gasteiger partial charge in [0.25, 0.3) is 5.56 Å². The molecule has 0 aromatic carbocycles. The molecule has 1 aliphatic carbocycles. The molecule has 2 fully saturated rings. The molecular formula is C13H19N3O2. The predicted molar refractivity (Wildman–Crippen MR) is 68.7 cm³/mol. The zero-order chi connectivity index (χ0) is 12.7. The normalized spacial score (nSPS) is 30.8. The van der Waals surface area contributed by atoms with Gasteiger partial charge in [0.15, 0.2) is 0 Å². The van der Waals surface area contributed by atoms with Crippen molar-refractivity contribution in [2.45, 2.75) is 32.3 Å². The predicted octanol–water partition coefficient (Wildman–Crippen LogP) is 0.539. The number of hydrogen-bond acceptors (Lipinski definition) is 4. The van der Waals surface area contributed by atoms with Crippen LogP contribution in [-0.4, -0.2) is 34.3 Å². The summed E-state index contributed by atoms with van der Waals surface area (Å²) in [5.41, 5.74) is -0.0885. The highest BCUT2D eigenvalue weighted by atomic mass is 16.3. The van der Waals surface area contributed by atoms with E-state index in [-0.39, 0.29) is 11.7 Å². The molecule has 1 aliphatic heterocycles. The van der Waals surface area contributed by atoms with Gasteiger partial charge in [-0.15, -0.1) is 0 Å². The summed E-state index contributed by atoms with van der Waals surface area (Å²) in [6.45, 7) is 3.72. The average Bonchev–Trinajstić information content (AvgIpc) is 2.91. The summed E-state index contributed by atoms with van der Waals surface area (Å²) in [4.78, 5) is 20.9. The molecule has 3 rings (SSSR count). The van der Waals surface area contributed by atoms with Crippen LogP contribution in [0, 0.1) is 11.8 Å². The molecule has 1 aromatic heterocycles. The number of anilines is 1. The molecular weight excluding hydrogens is 230 g/mol. The molecule has 0 bridgehead atoms. The van der Waals surface area contributed by atoms with Crippen molar-refractivity contribution >= 4 is 5.82 Å². The Labute approximate surface area is 106 Å². The van der Waals surface area contributed by atoms with Gasteiger partial charge in [0, 0.05) is 31.5 Å². The second-order valence-electron chi connectivity index (χ2n) is 5.38. The van der Waals surface area contributed by atoms with Gasteiger partial charge in [0.1, 0.15) is 11.6 Å². The van der Waals surface area contributed by atoms with Crippen molar-refractivity contribution in [1.82, 2.24) is 9.97 Å². The van der Waals surface area contributed by atoms with Crippen molar-refractivity contribution in [3.63, 3.8) is 0 Å². The summed E-state index contributed by atoms with van der Waals surface area (Å²) in [5.74, 6) is 2.41. The highest BCUT2D eigenvalue weighted by Crippen LogP contribution is 2.39. The Balaban J connectivity index is 1.84. The van der Waals surface area contributed by atoms with Gasteiger partial charge in [-0.05, 0) is 18.8 Å². The fraction of sp³-hybridized carbons (Fsp3) is 0.692. The van der Waals surface area contributed by atoms with E-state index in [2.05, 4.69) is 14.9 Å². The van der Waals surface area contributed by atoms with Crippen LogP contribution in [0.3, 0.4) is 0 Å². The molecule has 0 amide bonds. The summed E-state index contributed by atoms with van der Waals surface area (Å²) in [6, 6.07) is 1.56. The first kappa shape index (κ1) is 11.7. The van der Waals surface area contributed by atoms with Crippen LogP contribution in [-0.2, 0) is 6.42 Å². The third-order valence-electron chi connectivity index (χ3n) is 4.26. The minimum Gasteiger partial charge on any atom is -0.393 e. The maximum absolute atomic E-state index is 11.6. The van der Waals surface area contributed by atoms with Gasteiger partial charge >= 0.3 is 0 Å². The number of nitrogens with one attached hydrogen (secondary N) is 1. The second kappa shape index (κ2) is 4.39. The smallest absolute Gasteiger partial charge is 0.252 e. The van der Waals surface area contributed by atoms with E-state index < -0.39 is 0 Å². The molecule has 98 valence electrons. The quantitative estimate of drug-likeness (QED) is 0.802. The molecule has 1 saturated heterocycles. The van der Waals surface area contributed by atoms with E-state index in [4.69, 9.17) is 0 Å². The first-order chi connectivity index (χ1) is 8.67. The third-order valence-corrected chi connectivity index (χ3v) is 4.26. The van der Waals surface area contributed by atoms with E-state index >= 15 is 0 Å². The van der Waals surface area contributed by atoms with Gasteiger partial charge in [0.05, 0.1) is 6.10 Å². The van der Waals surface area contributed by atoms with Gasteiger partial charge in [-0.1, -0.05) is 6.92 Å². The minimum atomic E-state index is -0.173. The molecule has 1 aromatic rings. The first-order valence-electron chi connectivity index (χ1n) is 6.70. The van der Waals surface area contributed by atoms with Crippen LogP contribution in [0.15, 0.2) is 10.9 Å². The van der Waals surface area contributed by atoms with Crippen molar-refractivity contribution in [2.75, 3.05) is 18.0 Å². The van der Waals surface area contributed by atoms with E-state index in [0.717, 1.165) is 44.0 Å². The van der Waals surface area contributed by atoms with Crippen LogP contribution >= 0.6 is 0 Å². The van der Waals surface area contributed by atoms with Crippen LogP contribution < -0.4 is 10.5 Å². The number of aromatic amines is 1. The van der Waals surface area contributed by atoms with Gasteiger partial charge in [0.2, 0.25) is 0 Å². The maximum atomic E-state index is 11.6. The van der Waals surface area contributed by atoms with Crippen LogP contribution in [0.25, 0.3) is 0 Å². The molecule has 3 atom stereocenters. The van der Waals surface area contributed by atoms with Crippen molar-refractivity contribution in [3.8, 4) is 0 Å². The Morgan fingerprint density at radius 3 is 3.06 bits per heavy atom. The minimum absolute atomic E-state index is 0.0885. The number of aliphatic hydroxyl groups excluding tert-OH is 1. The molecule has 2 heterocycles. The number of aryl methyl sites for hydroxylation is 1. The summed E-state index contributed by atoms with van der Waals surface area (Å²) in [5, 5.41) is 9.90. The van der Waals surface area contributed by atoms with Gasteiger partial charge in [-0.3, -0.25) is 4.79 Å². The highest BCUT2D eigenvalue weighted by Gasteiger charge is 2.42. The van der Waals surface area contributed by atoms with Crippen LogP contribution in [0.2, 0.25) is 0 Å². The molecule has 2 N–H and O–H groups in total. The van der Waals surface area contributed by atoms with Crippen molar-refractivity contribution in [2.24, 2.45) is 11.8 Å². The van der Waals surface area contributed by atoms with E-state index in [9.17, 15) is 9.90 Å². The SMILES string of the molecule is CCc1nc(N2CC3CCC(O)C3C2)cc(=O)[nH]1. The lowest BCUT2D eigenvalue weighted by Crippen LogP contribution is -2.27. The first-order valence-corrected chi connectivity index (χ1v) is 6.70. The zero-order valence-electron chi connectivity index (χ0n) is 10.6. The lowest BCUT2D eigenvalue weighted by atomic mass is 10.00. The monoisotopic (exact) mass is 249 g/mol. The number of H-pyrrole nitrogens is 1. The van der Waals surface area contributed by atoms with Crippen LogP contribution in [0.4, 0.5) is 5.82 Å². The average molecular weight is 249 g/mol. The number of rotatable bonds is 2. The molecule has 5 nitrogen and oxygen atoms in total. The lowest BCUT2D eigenvalue weighted by Gasteiger charge is -2.19. The fourth-order valence-electron chi connectivity index (χ4n) is 3.25. The molecule has 1 saturated carbocycles. The Hall–Kier alpha value is -1.36. The number of aliphatic hydroxyl groups is 1. The maximum Gasteiger partial charge on any atom is 0.252 e. The molecule has 2 aliphatic rings.